The SMILES string of the molecule is CC(C)C[C@H](CC(=O)OCC1c2ccccc2-c2ccccc21)C(=O)N[C@@H](CC(C)C)B1O[C@@H]2C[C@@H]3C[C@@H](C3(C)C)[C@]2(C)O1. The van der Waals surface area contributed by atoms with Crippen molar-refractivity contribution in [1.29, 1.82) is 0 Å². The van der Waals surface area contributed by atoms with Crippen LogP contribution < -0.4 is 5.32 Å². The predicted molar refractivity (Wildman–Crippen MR) is 174 cm³/mol. The van der Waals surface area contributed by atoms with Gasteiger partial charge in [-0.1, -0.05) is 90.1 Å². The Hall–Kier alpha value is -2.64. The molecule has 3 saturated carbocycles. The van der Waals surface area contributed by atoms with Crippen molar-refractivity contribution < 1.29 is 23.6 Å². The van der Waals surface area contributed by atoms with Crippen LogP contribution in [0.4, 0.5) is 0 Å². The highest BCUT2D eigenvalue weighted by Gasteiger charge is 2.68. The third-order valence-electron chi connectivity index (χ3n) is 11.3. The molecule has 6 nitrogen and oxygen atoms in total. The number of amides is 1. The number of rotatable bonds is 11. The summed E-state index contributed by atoms with van der Waals surface area (Å²) in [6, 6.07) is 16.7. The lowest BCUT2D eigenvalue weighted by molar-refractivity contribution is -0.199. The molecular formula is C37H50BNO5. The summed E-state index contributed by atoms with van der Waals surface area (Å²) in [5, 5.41) is 3.30. The summed E-state index contributed by atoms with van der Waals surface area (Å²) >= 11 is 0. The second-order valence-corrected chi connectivity index (χ2v) is 15.5. The number of ether oxygens (including phenoxy) is 1. The molecule has 2 bridgehead atoms. The van der Waals surface area contributed by atoms with Crippen molar-refractivity contribution in [3.63, 3.8) is 0 Å². The fraction of sp³-hybridized carbons (Fsp3) is 0.622. The third-order valence-corrected chi connectivity index (χ3v) is 11.3. The highest BCUT2D eigenvalue weighted by Crippen LogP contribution is 2.65. The van der Waals surface area contributed by atoms with Gasteiger partial charge in [0.1, 0.15) is 6.61 Å². The zero-order valence-corrected chi connectivity index (χ0v) is 27.6. The van der Waals surface area contributed by atoms with E-state index in [-0.39, 0.29) is 59.8 Å². The van der Waals surface area contributed by atoms with E-state index < -0.39 is 13.0 Å². The van der Waals surface area contributed by atoms with E-state index in [9.17, 15) is 9.59 Å². The summed E-state index contributed by atoms with van der Waals surface area (Å²) in [5.74, 6) is 0.520. The van der Waals surface area contributed by atoms with Gasteiger partial charge in [0.2, 0.25) is 5.91 Å². The molecule has 0 radical (unpaired) electrons. The Kier molecular flexibility index (Phi) is 8.51. The van der Waals surface area contributed by atoms with Gasteiger partial charge in [-0.3, -0.25) is 9.59 Å². The van der Waals surface area contributed by atoms with Crippen LogP contribution in [0.1, 0.15) is 97.6 Å². The summed E-state index contributed by atoms with van der Waals surface area (Å²) in [6.45, 7) is 15.7. The van der Waals surface area contributed by atoms with Gasteiger partial charge in [0.05, 0.1) is 24.1 Å². The highest BCUT2D eigenvalue weighted by molar-refractivity contribution is 6.47. The van der Waals surface area contributed by atoms with E-state index in [4.69, 9.17) is 14.0 Å². The number of carbonyl (C=O) groups excluding carboxylic acids is 2. The molecule has 1 heterocycles. The lowest BCUT2D eigenvalue weighted by atomic mass is 9.43. The topological polar surface area (TPSA) is 73.9 Å². The minimum absolute atomic E-state index is 0.00301. The molecule has 1 aliphatic heterocycles. The van der Waals surface area contributed by atoms with Crippen LogP contribution in [0, 0.1) is 35.0 Å². The Balaban J connectivity index is 1.12. The fourth-order valence-electron chi connectivity index (χ4n) is 8.85. The third kappa shape index (κ3) is 5.64. The van der Waals surface area contributed by atoms with Crippen LogP contribution in [0.25, 0.3) is 11.1 Å². The van der Waals surface area contributed by atoms with Crippen LogP contribution in [0.15, 0.2) is 48.5 Å². The molecule has 2 aromatic rings. The summed E-state index contributed by atoms with van der Waals surface area (Å²) in [4.78, 5) is 27.2. The maximum absolute atomic E-state index is 13.9. The Morgan fingerprint density at radius 1 is 0.932 bits per heavy atom. The van der Waals surface area contributed by atoms with E-state index in [1.807, 2.05) is 24.3 Å². The summed E-state index contributed by atoms with van der Waals surface area (Å²) in [6.07, 6.45) is 3.66. The van der Waals surface area contributed by atoms with Crippen molar-refractivity contribution >= 4 is 19.0 Å². The zero-order chi connectivity index (χ0) is 31.4. The first kappa shape index (κ1) is 31.4. The number of benzene rings is 2. The molecule has 0 aromatic heterocycles. The molecule has 0 spiro atoms. The molecule has 4 aliphatic carbocycles. The maximum atomic E-state index is 13.9. The summed E-state index contributed by atoms with van der Waals surface area (Å²) in [7, 11) is -0.486. The molecule has 7 rings (SSSR count). The number of fused-ring (bicyclic) bond motifs is 3. The van der Waals surface area contributed by atoms with Crippen LogP contribution in [0.3, 0.4) is 0 Å². The monoisotopic (exact) mass is 599 g/mol. The fourth-order valence-corrected chi connectivity index (χ4v) is 8.85. The van der Waals surface area contributed by atoms with E-state index in [0.717, 1.165) is 12.8 Å². The second-order valence-electron chi connectivity index (χ2n) is 15.5. The Labute approximate surface area is 264 Å². The Morgan fingerprint density at radius 2 is 1.55 bits per heavy atom. The van der Waals surface area contributed by atoms with Crippen molar-refractivity contribution in [1.82, 2.24) is 5.32 Å². The number of nitrogens with one attached hydrogen (secondary N) is 1. The van der Waals surface area contributed by atoms with Gasteiger partial charge in [-0.2, -0.15) is 0 Å². The minimum atomic E-state index is -0.486. The smallest absolute Gasteiger partial charge is 0.465 e. The van der Waals surface area contributed by atoms with Crippen LogP contribution in [-0.2, 0) is 23.6 Å². The van der Waals surface area contributed by atoms with Crippen LogP contribution in [-0.4, -0.2) is 43.2 Å². The van der Waals surface area contributed by atoms with E-state index >= 15 is 0 Å². The number of hydrogen-bond acceptors (Lipinski definition) is 5. The molecule has 5 aliphatic rings. The minimum Gasteiger partial charge on any atom is -0.465 e. The standard InChI is InChI=1S/C37H50BNO5/c1-22(2)16-24(18-34(40)42-21-30-28-14-10-8-12-26(28)27-13-9-11-15-29(27)30)35(41)39-33(17-23(3)4)38-43-32-20-25-19-31(36(25,5)6)37(32,7)44-38/h8-15,22-25,30-33H,16-21H2,1-7H3,(H,39,41)/t24-,25+,31+,32-,33+,37+/m1/s1. The van der Waals surface area contributed by atoms with Gasteiger partial charge in [0.25, 0.3) is 0 Å². The molecule has 1 amide bonds. The van der Waals surface area contributed by atoms with Crippen LogP contribution >= 0.6 is 0 Å². The second kappa shape index (κ2) is 11.9. The molecule has 6 atom stereocenters. The van der Waals surface area contributed by atoms with Gasteiger partial charge in [0.15, 0.2) is 0 Å². The first-order chi connectivity index (χ1) is 20.9. The van der Waals surface area contributed by atoms with E-state index in [2.05, 4.69) is 78.0 Å². The normalized spacial score (nSPS) is 27.8. The van der Waals surface area contributed by atoms with Crippen molar-refractivity contribution in [2.45, 2.75) is 104 Å². The molecule has 44 heavy (non-hydrogen) atoms. The molecule has 1 N–H and O–H groups in total. The first-order valence-corrected chi connectivity index (χ1v) is 16.9. The van der Waals surface area contributed by atoms with Crippen molar-refractivity contribution in [3.8, 4) is 11.1 Å². The largest absolute Gasteiger partial charge is 0.481 e. The maximum Gasteiger partial charge on any atom is 0.481 e. The van der Waals surface area contributed by atoms with E-state index in [1.165, 1.54) is 28.7 Å². The number of carbonyl (C=O) groups is 2. The number of hydrogen-bond donors (Lipinski definition) is 1. The first-order valence-electron chi connectivity index (χ1n) is 16.9. The van der Waals surface area contributed by atoms with Gasteiger partial charge in [-0.05, 0) is 83.9 Å². The average Bonchev–Trinajstić information content (AvgIpc) is 3.49. The van der Waals surface area contributed by atoms with Gasteiger partial charge >= 0.3 is 13.1 Å². The Morgan fingerprint density at radius 3 is 2.14 bits per heavy atom. The van der Waals surface area contributed by atoms with Gasteiger partial charge in [0, 0.05) is 11.8 Å². The van der Waals surface area contributed by atoms with E-state index in [0.29, 0.717) is 24.2 Å². The molecular weight excluding hydrogens is 549 g/mol. The van der Waals surface area contributed by atoms with Crippen molar-refractivity contribution in [2.24, 2.45) is 35.0 Å². The quantitative estimate of drug-likeness (QED) is 0.219. The summed E-state index contributed by atoms with van der Waals surface area (Å²) < 4.78 is 19.3. The van der Waals surface area contributed by atoms with E-state index in [1.54, 1.807) is 0 Å². The van der Waals surface area contributed by atoms with Crippen molar-refractivity contribution in [3.05, 3.63) is 59.7 Å². The molecule has 236 valence electrons. The lowest BCUT2D eigenvalue weighted by Crippen LogP contribution is -2.65. The molecule has 0 unspecified atom stereocenters. The van der Waals surface area contributed by atoms with Crippen molar-refractivity contribution in [2.75, 3.05) is 6.61 Å². The molecule has 2 aromatic carbocycles. The summed E-state index contributed by atoms with van der Waals surface area (Å²) in [5.41, 5.74) is 4.68. The average molecular weight is 600 g/mol. The van der Waals surface area contributed by atoms with Gasteiger partial charge in [-0.15, -0.1) is 0 Å². The van der Waals surface area contributed by atoms with Crippen LogP contribution in [0.5, 0.6) is 0 Å². The molecule has 4 fully saturated rings. The number of esters is 1. The highest BCUT2D eigenvalue weighted by atomic mass is 16.7. The van der Waals surface area contributed by atoms with Gasteiger partial charge < -0.3 is 19.4 Å². The molecule has 7 heteroatoms. The van der Waals surface area contributed by atoms with Gasteiger partial charge in [-0.25, -0.2) is 0 Å². The predicted octanol–water partition coefficient (Wildman–Crippen LogP) is 7.19. The van der Waals surface area contributed by atoms with Crippen LogP contribution in [0.2, 0.25) is 0 Å². The zero-order valence-electron chi connectivity index (χ0n) is 27.6. The Bertz CT molecular complexity index is 1340. The lowest BCUT2D eigenvalue weighted by Gasteiger charge is -2.64. The molecule has 1 saturated heterocycles.